The maximum absolute atomic E-state index is 12.3. The molecule has 0 spiro atoms. The third kappa shape index (κ3) is 3.06. The van der Waals surface area contributed by atoms with Crippen LogP contribution in [0.15, 0.2) is 51.9 Å². The summed E-state index contributed by atoms with van der Waals surface area (Å²) in [5, 5.41) is 4.03. The van der Waals surface area contributed by atoms with Crippen molar-refractivity contribution >= 4 is 16.9 Å². The van der Waals surface area contributed by atoms with Gasteiger partial charge in [-0.05, 0) is 43.2 Å². The molecule has 8 heteroatoms. The number of imidazole rings is 1. The van der Waals surface area contributed by atoms with Crippen molar-refractivity contribution in [2.75, 3.05) is 13.1 Å². The SMILES string of the molecule is O=C(CCn1cnc2cc(-c3noc(-c4ccco4)n3)ccc21)N1CCCC1. The molecule has 0 unspecified atom stereocenters. The largest absolute Gasteiger partial charge is 0.459 e. The van der Waals surface area contributed by atoms with Crippen LogP contribution < -0.4 is 0 Å². The molecule has 28 heavy (non-hydrogen) atoms. The van der Waals surface area contributed by atoms with Crippen molar-refractivity contribution in [3.63, 3.8) is 0 Å². The zero-order valence-corrected chi connectivity index (χ0v) is 15.2. The number of amides is 1. The molecule has 4 heterocycles. The predicted octanol–water partition coefficient (Wildman–Crippen LogP) is 3.36. The molecule has 1 fully saturated rings. The zero-order chi connectivity index (χ0) is 18.9. The minimum absolute atomic E-state index is 0.216. The lowest BCUT2D eigenvalue weighted by atomic mass is 10.2. The molecule has 0 N–H and O–H groups in total. The van der Waals surface area contributed by atoms with Crippen LogP contribution in [0.5, 0.6) is 0 Å². The molecule has 8 nitrogen and oxygen atoms in total. The lowest BCUT2D eigenvalue weighted by molar-refractivity contribution is -0.130. The number of nitrogens with zero attached hydrogens (tertiary/aromatic N) is 5. The molecule has 0 atom stereocenters. The monoisotopic (exact) mass is 377 g/mol. The molecule has 3 aromatic heterocycles. The predicted molar refractivity (Wildman–Crippen MR) is 101 cm³/mol. The van der Waals surface area contributed by atoms with Gasteiger partial charge in [-0.25, -0.2) is 4.98 Å². The molecule has 1 aliphatic heterocycles. The minimum Gasteiger partial charge on any atom is -0.459 e. The molecule has 1 amide bonds. The Morgan fingerprint density at radius 3 is 2.89 bits per heavy atom. The molecule has 0 radical (unpaired) electrons. The number of rotatable bonds is 5. The van der Waals surface area contributed by atoms with Crippen LogP contribution in [0.4, 0.5) is 0 Å². The fraction of sp³-hybridized carbons (Fsp3) is 0.300. The minimum atomic E-state index is 0.216. The number of carbonyl (C=O) groups is 1. The quantitative estimate of drug-likeness (QED) is 0.530. The van der Waals surface area contributed by atoms with E-state index in [0.717, 1.165) is 42.5 Å². The van der Waals surface area contributed by atoms with E-state index in [9.17, 15) is 4.79 Å². The van der Waals surface area contributed by atoms with Crippen molar-refractivity contribution in [3.8, 4) is 23.0 Å². The van der Waals surface area contributed by atoms with Gasteiger partial charge in [0.05, 0.1) is 23.6 Å². The highest BCUT2D eigenvalue weighted by Crippen LogP contribution is 2.25. The first-order valence-electron chi connectivity index (χ1n) is 9.38. The summed E-state index contributed by atoms with van der Waals surface area (Å²) in [6.45, 7) is 2.39. The van der Waals surface area contributed by atoms with E-state index in [4.69, 9.17) is 8.94 Å². The smallest absolute Gasteiger partial charge is 0.293 e. The summed E-state index contributed by atoms with van der Waals surface area (Å²) < 4.78 is 12.6. The van der Waals surface area contributed by atoms with Gasteiger partial charge in [-0.1, -0.05) is 5.16 Å². The maximum Gasteiger partial charge on any atom is 0.293 e. The number of carbonyl (C=O) groups excluding carboxylic acids is 1. The second-order valence-corrected chi connectivity index (χ2v) is 6.88. The topological polar surface area (TPSA) is 90.2 Å². The molecule has 0 aliphatic carbocycles. The first kappa shape index (κ1) is 16.7. The van der Waals surface area contributed by atoms with Gasteiger partial charge in [-0.3, -0.25) is 4.79 Å². The van der Waals surface area contributed by atoms with Crippen molar-refractivity contribution in [3.05, 3.63) is 42.9 Å². The summed E-state index contributed by atoms with van der Waals surface area (Å²) >= 11 is 0. The van der Waals surface area contributed by atoms with Crippen molar-refractivity contribution in [2.45, 2.75) is 25.8 Å². The zero-order valence-electron chi connectivity index (χ0n) is 15.2. The number of fused-ring (bicyclic) bond motifs is 1. The molecule has 1 aliphatic rings. The van der Waals surface area contributed by atoms with Crippen molar-refractivity contribution in [1.82, 2.24) is 24.6 Å². The average molecular weight is 377 g/mol. The Hall–Kier alpha value is -3.42. The van der Waals surface area contributed by atoms with E-state index >= 15 is 0 Å². The van der Waals surface area contributed by atoms with Crippen molar-refractivity contribution in [2.24, 2.45) is 0 Å². The molecule has 0 bridgehead atoms. The van der Waals surface area contributed by atoms with Gasteiger partial charge < -0.3 is 18.4 Å². The highest BCUT2D eigenvalue weighted by molar-refractivity contribution is 5.81. The first-order valence-corrected chi connectivity index (χ1v) is 9.38. The summed E-state index contributed by atoms with van der Waals surface area (Å²) in [5.41, 5.74) is 2.62. The first-order chi connectivity index (χ1) is 13.8. The van der Waals surface area contributed by atoms with Gasteiger partial charge in [0.15, 0.2) is 5.76 Å². The molecule has 5 rings (SSSR count). The Morgan fingerprint density at radius 2 is 2.07 bits per heavy atom. The van der Waals surface area contributed by atoms with Crippen LogP contribution in [0, 0.1) is 0 Å². The van der Waals surface area contributed by atoms with E-state index in [2.05, 4.69) is 15.1 Å². The standard InChI is InChI=1S/C20H19N5O3/c26-18(24-8-1-2-9-24)7-10-25-13-21-15-12-14(5-6-16(15)25)19-22-20(28-23-19)17-4-3-11-27-17/h3-6,11-13H,1-2,7-10H2. The molecule has 1 saturated heterocycles. The summed E-state index contributed by atoms with van der Waals surface area (Å²) in [7, 11) is 0. The van der Waals surface area contributed by atoms with Gasteiger partial charge >= 0.3 is 0 Å². The van der Waals surface area contributed by atoms with E-state index in [1.165, 1.54) is 0 Å². The van der Waals surface area contributed by atoms with E-state index in [-0.39, 0.29) is 5.91 Å². The van der Waals surface area contributed by atoms with E-state index in [1.54, 1.807) is 24.7 Å². The summed E-state index contributed by atoms with van der Waals surface area (Å²) in [5.74, 6) is 1.57. The molecule has 0 saturated carbocycles. The Bertz CT molecular complexity index is 1110. The van der Waals surface area contributed by atoms with Crippen LogP contribution in [0.1, 0.15) is 19.3 Å². The van der Waals surface area contributed by atoms with Crippen LogP contribution in [-0.4, -0.2) is 43.6 Å². The van der Waals surface area contributed by atoms with Crippen molar-refractivity contribution in [1.29, 1.82) is 0 Å². The number of aryl methyl sites for hydroxylation is 1. The molecule has 4 aromatic rings. The highest BCUT2D eigenvalue weighted by atomic mass is 16.5. The number of hydrogen-bond acceptors (Lipinski definition) is 6. The Kier molecular flexibility index (Phi) is 4.16. The summed E-state index contributed by atoms with van der Waals surface area (Å²) in [4.78, 5) is 23.1. The summed E-state index contributed by atoms with van der Waals surface area (Å²) in [6, 6.07) is 9.36. The highest BCUT2D eigenvalue weighted by Gasteiger charge is 2.18. The number of benzene rings is 1. The van der Waals surface area contributed by atoms with E-state index < -0.39 is 0 Å². The Balaban J connectivity index is 1.34. The van der Waals surface area contributed by atoms with Gasteiger partial charge in [0.25, 0.3) is 5.89 Å². The number of likely N-dealkylation sites (tertiary alicyclic amines) is 1. The van der Waals surface area contributed by atoms with Gasteiger partial charge in [-0.15, -0.1) is 0 Å². The molecular formula is C20H19N5O3. The fourth-order valence-corrected chi connectivity index (χ4v) is 3.56. The maximum atomic E-state index is 12.3. The van der Waals surface area contributed by atoms with Crippen LogP contribution >= 0.6 is 0 Å². The van der Waals surface area contributed by atoms with Gasteiger partial charge in [0, 0.05) is 31.6 Å². The van der Waals surface area contributed by atoms with Gasteiger partial charge in [0.1, 0.15) is 0 Å². The van der Waals surface area contributed by atoms with Crippen LogP contribution in [0.2, 0.25) is 0 Å². The number of furan rings is 1. The third-order valence-corrected chi connectivity index (χ3v) is 5.06. The number of hydrogen-bond donors (Lipinski definition) is 0. The third-order valence-electron chi connectivity index (χ3n) is 5.06. The van der Waals surface area contributed by atoms with Crippen LogP contribution in [-0.2, 0) is 11.3 Å². The molecular weight excluding hydrogens is 358 g/mol. The van der Waals surface area contributed by atoms with E-state index in [0.29, 0.717) is 30.4 Å². The normalized spacial score (nSPS) is 14.2. The van der Waals surface area contributed by atoms with Crippen molar-refractivity contribution < 1.29 is 13.7 Å². The lowest BCUT2D eigenvalue weighted by Crippen LogP contribution is -2.28. The second-order valence-electron chi connectivity index (χ2n) is 6.88. The van der Waals surface area contributed by atoms with E-state index in [1.807, 2.05) is 27.7 Å². The fourth-order valence-electron chi connectivity index (χ4n) is 3.56. The summed E-state index contributed by atoms with van der Waals surface area (Å²) in [6.07, 6.45) is 6.05. The Morgan fingerprint density at radius 1 is 1.18 bits per heavy atom. The molecule has 1 aromatic carbocycles. The number of aromatic nitrogens is 4. The lowest BCUT2D eigenvalue weighted by Gasteiger charge is -2.15. The van der Waals surface area contributed by atoms with Gasteiger partial charge in [-0.2, -0.15) is 4.98 Å². The average Bonchev–Trinajstić information content (AvgIpc) is 3.51. The van der Waals surface area contributed by atoms with Gasteiger partial charge in [0.2, 0.25) is 11.7 Å². The van der Waals surface area contributed by atoms with Crippen LogP contribution in [0.25, 0.3) is 34.1 Å². The van der Waals surface area contributed by atoms with Crippen LogP contribution in [0.3, 0.4) is 0 Å². The second kappa shape index (κ2) is 6.95. The molecule has 142 valence electrons. The Labute approximate surface area is 160 Å².